The van der Waals surface area contributed by atoms with Crippen LogP contribution in [-0.2, 0) is 9.59 Å². The van der Waals surface area contributed by atoms with Gasteiger partial charge in [-0.15, -0.1) is 6.58 Å². The van der Waals surface area contributed by atoms with Gasteiger partial charge < -0.3 is 15.2 Å². The van der Waals surface area contributed by atoms with Gasteiger partial charge in [0.1, 0.15) is 11.8 Å². The smallest absolute Gasteiger partial charge is 0.326 e. The summed E-state index contributed by atoms with van der Waals surface area (Å²) in [6.07, 6.45) is 1.76. The summed E-state index contributed by atoms with van der Waals surface area (Å²) in [4.78, 5) is 22.6. The number of rotatable bonds is 8. The first-order chi connectivity index (χ1) is 9.93. The molecule has 1 aromatic carbocycles. The van der Waals surface area contributed by atoms with E-state index in [0.29, 0.717) is 5.75 Å². The maximum Gasteiger partial charge on any atom is 0.326 e. The Kier molecular flexibility index (Phi) is 6.46. The van der Waals surface area contributed by atoms with Crippen molar-refractivity contribution in [3.63, 3.8) is 0 Å². The Bertz CT molecular complexity index is 525. The monoisotopic (exact) mass is 291 g/mol. The number of carbonyl (C=O) groups is 2. The fraction of sp³-hybridized carbons (Fsp3) is 0.375. The lowest BCUT2D eigenvalue weighted by Gasteiger charge is -2.13. The van der Waals surface area contributed by atoms with Gasteiger partial charge in [-0.05, 0) is 43.5 Å². The average Bonchev–Trinajstić information content (AvgIpc) is 2.42. The molecule has 0 radical (unpaired) electrons. The Balaban J connectivity index is 2.40. The van der Waals surface area contributed by atoms with E-state index in [1.165, 1.54) is 11.6 Å². The summed E-state index contributed by atoms with van der Waals surface area (Å²) < 4.78 is 5.49. The van der Waals surface area contributed by atoms with Crippen molar-refractivity contribution in [2.24, 2.45) is 0 Å². The quantitative estimate of drug-likeness (QED) is 0.720. The molecule has 1 aromatic rings. The van der Waals surface area contributed by atoms with Gasteiger partial charge >= 0.3 is 5.97 Å². The SMILES string of the molecule is C=CCC(NC(=O)CCOc1ccc(C)c(C)c1)C(=O)O. The molecule has 21 heavy (non-hydrogen) atoms. The first kappa shape index (κ1) is 16.8. The van der Waals surface area contributed by atoms with Crippen LogP contribution < -0.4 is 10.1 Å². The molecule has 0 saturated heterocycles. The number of aliphatic carboxylic acids is 1. The lowest BCUT2D eigenvalue weighted by Crippen LogP contribution is -2.40. The number of nitrogens with one attached hydrogen (secondary N) is 1. The minimum Gasteiger partial charge on any atom is -0.493 e. The first-order valence-corrected chi connectivity index (χ1v) is 6.77. The predicted molar refractivity (Wildman–Crippen MR) is 80.4 cm³/mol. The van der Waals surface area contributed by atoms with Crippen LogP contribution in [0.2, 0.25) is 0 Å². The van der Waals surface area contributed by atoms with Gasteiger partial charge in [-0.25, -0.2) is 4.79 Å². The molecule has 0 aliphatic heterocycles. The van der Waals surface area contributed by atoms with E-state index in [1.807, 2.05) is 32.0 Å². The zero-order valence-electron chi connectivity index (χ0n) is 12.4. The second-order valence-electron chi connectivity index (χ2n) is 4.83. The summed E-state index contributed by atoms with van der Waals surface area (Å²) in [5.41, 5.74) is 2.29. The van der Waals surface area contributed by atoms with Crippen molar-refractivity contribution in [1.29, 1.82) is 0 Å². The number of ether oxygens (including phenoxy) is 1. The van der Waals surface area contributed by atoms with E-state index in [1.54, 1.807) is 0 Å². The molecule has 0 aromatic heterocycles. The normalized spacial score (nSPS) is 11.5. The molecule has 2 N–H and O–H groups in total. The largest absolute Gasteiger partial charge is 0.493 e. The molecule has 5 heteroatoms. The van der Waals surface area contributed by atoms with E-state index >= 15 is 0 Å². The van der Waals surface area contributed by atoms with Crippen LogP contribution in [0, 0.1) is 13.8 Å². The first-order valence-electron chi connectivity index (χ1n) is 6.77. The van der Waals surface area contributed by atoms with Crippen LogP contribution in [0.4, 0.5) is 0 Å². The number of amides is 1. The second-order valence-corrected chi connectivity index (χ2v) is 4.83. The Hall–Kier alpha value is -2.30. The van der Waals surface area contributed by atoms with Crippen LogP contribution in [0.25, 0.3) is 0 Å². The van der Waals surface area contributed by atoms with E-state index in [-0.39, 0.29) is 25.4 Å². The Morgan fingerprint density at radius 3 is 2.67 bits per heavy atom. The molecule has 0 bridgehead atoms. The molecule has 5 nitrogen and oxygen atoms in total. The molecular formula is C16H21NO4. The van der Waals surface area contributed by atoms with Crippen LogP contribution in [0.5, 0.6) is 5.75 Å². The standard InChI is InChI=1S/C16H21NO4/c1-4-5-14(16(19)20)17-15(18)8-9-21-13-7-6-11(2)12(3)10-13/h4,6-7,10,14H,1,5,8-9H2,2-3H3,(H,17,18)(H,19,20). The number of hydrogen-bond donors (Lipinski definition) is 2. The lowest BCUT2D eigenvalue weighted by molar-refractivity contribution is -0.141. The summed E-state index contributed by atoms with van der Waals surface area (Å²) >= 11 is 0. The Labute approximate surface area is 124 Å². The molecule has 114 valence electrons. The number of benzene rings is 1. The highest BCUT2D eigenvalue weighted by Crippen LogP contribution is 2.16. The predicted octanol–water partition coefficient (Wildman–Crippen LogP) is 2.22. The van der Waals surface area contributed by atoms with Crippen molar-refractivity contribution < 1.29 is 19.4 Å². The number of aryl methyl sites for hydroxylation is 2. The third-order valence-electron chi connectivity index (χ3n) is 3.11. The zero-order chi connectivity index (χ0) is 15.8. The van der Waals surface area contributed by atoms with Crippen LogP contribution in [-0.4, -0.2) is 29.6 Å². The summed E-state index contributed by atoms with van der Waals surface area (Å²) in [6, 6.07) is 4.77. The molecule has 1 rings (SSSR count). The highest BCUT2D eigenvalue weighted by Gasteiger charge is 2.17. The topological polar surface area (TPSA) is 75.6 Å². The van der Waals surface area contributed by atoms with Crippen LogP contribution in [0.1, 0.15) is 24.0 Å². The van der Waals surface area contributed by atoms with Crippen LogP contribution >= 0.6 is 0 Å². The van der Waals surface area contributed by atoms with Crippen molar-refractivity contribution in [3.05, 3.63) is 42.0 Å². The van der Waals surface area contributed by atoms with Gasteiger partial charge in [0.15, 0.2) is 0 Å². The van der Waals surface area contributed by atoms with E-state index in [0.717, 1.165) is 5.56 Å². The number of carbonyl (C=O) groups excluding carboxylic acids is 1. The van der Waals surface area contributed by atoms with Crippen LogP contribution in [0.15, 0.2) is 30.9 Å². The van der Waals surface area contributed by atoms with Gasteiger partial charge in [-0.3, -0.25) is 4.79 Å². The Morgan fingerprint density at radius 2 is 2.10 bits per heavy atom. The number of carboxylic acids is 1. The molecule has 1 atom stereocenters. The highest BCUT2D eigenvalue weighted by atomic mass is 16.5. The van der Waals surface area contributed by atoms with Gasteiger partial charge in [0, 0.05) is 0 Å². The molecule has 0 spiro atoms. The minimum atomic E-state index is -1.07. The van der Waals surface area contributed by atoms with E-state index in [9.17, 15) is 9.59 Å². The van der Waals surface area contributed by atoms with Crippen molar-refractivity contribution in [2.45, 2.75) is 32.7 Å². The van der Waals surface area contributed by atoms with E-state index in [4.69, 9.17) is 9.84 Å². The lowest BCUT2D eigenvalue weighted by atomic mass is 10.1. The van der Waals surface area contributed by atoms with E-state index in [2.05, 4.69) is 11.9 Å². The molecule has 1 amide bonds. The summed E-state index contributed by atoms with van der Waals surface area (Å²) in [6.45, 7) is 7.67. The summed E-state index contributed by atoms with van der Waals surface area (Å²) in [5.74, 6) is -0.724. The molecule has 1 unspecified atom stereocenters. The van der Waals surface area contributed by atoms with Gasteiger partial charge in [0.25, 0.3) is 0 Å². The van der Waals surface area contributed by atoms with Crippen molar-refractivity contribution in [1.82, 2.24) is 5.32 Å². The maximum atomic E-state index is 11.7. The minimum absolute atomic E-state index is 0.105. The third-order valence-corrected chi connectivity index (χ3v) is 3.11. The van der Waals surface area contributed by atoms with Crippen LogP contribution in [0.3, 0.4) is 0 Å². The molecule has 0 fully saturated rings. The molecule has 0 aliphatic rings. The highest BCUT2D eigenvalue weighted by molar-refractivity contribution is 5.83. The number of hydrogen-bond acceptors (Lipinski definition) is 3. The average molecular weight is 291 g/mol. The van der Waals surface area contributed by atoms with Gasteiger partial charge in [-0.1, -0.05) is 12.1 Å². The zero-order valence-corrected chi connectivity index (χ0v) is 12.4. The fourth-order valence-corrected chi connectivity index (χ4v) is 1.72. The van der Waals surface area contributed by atoms with Crippen molar-refractivity contribution in [3.8, 4) is 5.75 Å². The van der Waals surface area contributed by atoms with Crippen molar-refractivity contribution in [2.75, 3.05) is 6.61 Å². The fourth-order valence-electron chi connectivity index (χ4n) is 1.72. The Morgan fingerprint density at radius 1 is 1.38 bits per heavy atom. The maximum absolute atomic E-state index is 11.7. The van der Waals surface area contributed by atoms with E-state index < -0.39 is 12.0 Å². The van der Waals surface area contributed by atoms with Gasteiger partial charge in [0.05, 0.1) is 13.0 Å². The third kappa shape index (κ3) is 5.69. The molecule has 0 saturated carbocycles. The number of carboxylic acid groups (broad SMARTS) is 1. The second kappa shape index (κ2) is 8.09. The molecule has 0 heterocycles. The molecule has 0 aliphatic carbocycles. The van der Waals surface area contributed by atoms with Gasteiger partial charge in [0.2, 0.25) is 5.91 Å². The van der Waals surface area contributed by atoms with Crippen molar-refractivity contribution >= 4 is 11.9 Å². The van der Waals surface area contributed by atoms with Gasteiger partial charge in [-0.2, -0.15) is 0 Å². The summed E-state index contributed by atoms with van der Waals surface area (Å²) in [7, 11) is 0. The summed E-state index contributed by atoms with van der Waals surface area (Å²) in [5, 5.41) is 11.4. The molecular weight excluding hydrogens is 270 g/mol.